The van der Waals surface area contributed by atoms with Crippen molar-refractivity contribution in [2.45, 2.75) is 45.7 Å². The maximum atomic E-state index is 5.89. The molecule has 0 spiro atoms. The fourth-order valence-electron chi connectivity index (χ4n) is 1.87. The van der Waals surface area contributed by atoms with Gasteiger partial charge >= 0.3 is 0 Å². The van der Waals surface area contributed by atoms with Gasteiger partial charge in [-0.3, -0.25) is 0 Å². The summed E-state index contributed by atoms with van der Waals surface area (Å²) in [5, 5.41) is 3.48. The number of benzene rings is 1. The van der Waals surface area contributed by atoms with Crippen LogP contribution in [0.4, 0.5) is 0 Å². The van der Waals surface area contributed by atoms with Crippen LogP contribution in [-0.4, -0.2) is 19.3 Å². The third-order valence-corrected chi connectivity index (χ3v) is 3.86. The molecular formula is C16H24BrNO2. The normalized spacial score (nSPS) is 15.2. The van der Waals surface area contributed by atoms with Gasteiger partial charge in [-0.05, 0) is 73.2 Å². The molecule has 0 amide bonds. The van der Waals surface area contributed by atoms with E-state index in [-0.39, 0.29) is 5.54 Å². The molecule has 0 aromatic heterocycles. The lowest BCUT2D eigenvalue weighted by molar-refractivity contribution is 0.278. The van der Waals surface area contributed by atoms with Gasteiger partial charge in [0.15, 0.2) is 11.5 Å². The summed E-state index contributed by atoms with van der Waals surface area (Å²) in [6.07, 6.45) is 2.57. The minimum atomic E-state index is 0.0981. The maximum absolute atomic E-state index is 5.89. The Morgan fingerprint density at radius 1 is 1.30 bits per heavy atom. The van der Waals surface area contributed by atoms with Crippen LogP contribution >= 0.6 is 15.9 Å². The van der Waals surface area contributed by atoms with Crippen LogP contribution in [0.3, 0.4) is 0 Å². The van der Waals surface area contributed by atoms with Crippen LogP contribution in [-0.2, 0) is 6.54 Å². The van der Waals surface area contributed by atoms with Crippen molar-refractivity contribution >= 4 is 15.9 Å². The number of methoxy groups -OCH3 is 1. The van der Waals surface area contributed by atoms with E-state index in [1.54, 1.807) is 7.11 Å². The zero-order chi connectivity index (χ0) is 14.8. The van der Waals surface area contributed by atoms with Crippen LogP contribution in [0, 0.1) is 5.92 Å². The molecule has 2 rings (SSSR count). The summed E-state index contributed by atoms with van der Waals surface area (Å²) in [5.41, 5.74) is 1.28. The van der Waals surface area contributed by atoms with E-state index in [1.165, 1.54) is 18.4 Å². The highest BCUT2D eigenvalue weighted by molar-refractivity contribution is 9.10. The van der Waals surface area contributed by atoms with Crippen molar-refractivity contribution in [1.29, 1.82) is 0 Å². The first-order chi connectivity index (χ1) is 9.39. The molecule has 0 aliphatic heterocycles. The molecule has 1 aliphatic carbocycles. The Hall–Kier alpha value is -0.740. The Labute approximate surface area is 130 Å². The fourth-order valence-corrected chi connectivity index (χ4v) is 2.47. The molecular weight excluding hydrogens is 318 g/mol. The second-order valence-electron chi connectivity index (χ2n) is 6.47. The summed E-state index contributed by atoms with van der Waals surface area (Å²) >= 11 is 3.60. The molecule has 1 saturated carbocycles. The van der Waals surface area contributed by atoms with Gasteiger partial charge in [-0.25, -0.2) is 0 Å². The van der Waals surface area contributed by atoms with Gasteiger partial charge in [0.2, 0.25) is 0 Å². The minimum Gasteiger partial charge on any atom is -0.493 e. The van der Waals surface area contributed by atoms with Crippen molar-refractivity contribution in [3.63, 3.8) is 0 Å². The van der Waals surface area contributed by atoms with E-state index in [4.69, 9.17) is 9.47 Å². The van der Waals surface area contributed by atoms with Gasteiger partial charge in [0.25, 0.3) is 0 Å². The van der Waals surface area contributed by atoms with E-state index in [9.17, 15) is 0 Å². The van der Waals surface area contributed by atoms with E-state index in [0.29, 0.717) is 0 Å². The summed E-state index contributed by atoms with van der Waals surface area (Å²) in [4.78, 5) is 0. The standard InChI is InChI=1S/C16H24BrNO2/c1-16(2,3)18-9-12-7-13(17)15(14(8-12)19-4)20-10-11-5-6-11/h7-8,11,18H,5-6,9-10H2,1-4H3. The molecule has 1 fully saturated rings. The largest absolute Gasteiger partial charge is 0.493 e. The van der Waals surface area contributed by atoms with Gasteiger partial charge in [0, 0.05) is 12.1 Å². The van der Waals surface area contributed by atoms with Crippen molar-refractivity contribution in [3.8, 4) is 11.5 Å². The van der Waals surface area contributed by atoms with Crippen LogP contribution in [0.25, 0.3) is 0 Å². The summed E-state index contributed by atoms with van der Waals surface area (Å²) in [6.45, 7) is 8.07. The third-order valence-electron chi connectivity index (χ3n) is 3.27. The summed E-state index contributed by atoms with van der Waals surface area (Å²) in [6, 6.07) is 4.15. The highest BCUT2D eigenvalue weighted by atomic mass is 79.9. The number of hydrogen-bond acceptors (Lipinski definition) is 3. The van der Waals surface area contributed by atoms with Gasteiger partial charge in [0.1, 0.15) is 0 Å². The van der Waals surface area contributed by atoms with Crippen molar-refractivity contribution in [3.05, 3.63) is 22.2 Å². The smallest absolute Gasteiger partial charge is 0.175 e. The third kappa shape index (κ3) is 4.67. The Morgan fingerprint density at radius 2 is 2.00 bits per heavy atom. The minimum absolute atomic E-state index is 0.0981. The molecule has 1 aromatic rings. The first kappa shape index (κ1) is 15.6. The molecule has 1 aromatic carbocycles. The monoisotopic (exact) mass is 341 g/mol. The van der Waals surface area contributed by atoms with Crippen LogP contribution in [0.2, 0.25) is 0 Å². The second kappa shape index (κ2) is 6.35. The maximum Gasteiger partial charge on any atom is 0.175 e. The highest BCUT2D eigenvalue weighted by Crippen LogP contribution is 2.38. The molecule has 0 saturated heterocycles. The SMILES string of the molecule is COc1cc(CNC(C)(C)C)cc(Br)c1OCC1CC1. The van der Waals surface area contributed by atoms with Crippen LogP contribution in [0.1, 0.15) is 39.2 Å². The molecule has 0 atom stereocenters. The predicted octanol–water partition coefficient (Wildman–Crippen LogP) is 4.13. The van der Waals surface area contributed by atoms with Crippen molar-refractivity contribution < 1.29 is 9.47 Å². The first-order valence-electron chi connectivity index (χ1n) is 7.13. The van der Waals surface area contributed by atoms with E-state index in [0.717, 1.165) is 35.0 Å². The summed E-state index contributed by atoms with van der Waals surface area (Å²) in [7, 11) is 1.69. The summed E-state index contributed by atoms with van der Waals surface area (Å²) < 4.78 is 12.3. The average molecular weight is 342 g/mol. The zero-order valence-corrected chi connectivity index (χ0v) is 14.3. The highest BCUT2D eigenvalue weighted by Gasteiger charge is 2.23. The lowest BCUT2D eigenvalue weighted by atomic mass is 10.1. The van der Waals surface area contributed by atoms with Crippen molar-refractivity contribution in [1.82, 2.24) is 5.32 Å². The number of halogens is 1. The molecule has 20 heavy (non-hydrogen) atoms. The lowest BCUT2D eigenvalue weighted by Crippen LogP contribution is -2.35. The van der Waals surface area contributed by atoms with Crippen LogP contribution in [0.5, 0.6) is 11.5 Å². The Morgan fingerprint density at radius 3 is 2.55 bits per heavy atom. The Kier molecular flexibility index (Phi) is 4.97. The van der Waals surface area contributed by atoms with Gasteiger partial charge in [0.05, 0.1) is 18.2 Å². The van der Waals surface area contributed by atoms with E-state index in [2.05, 4.69) is 48.1 Å². The molecule has 0 heterocycles. The van der Waals surface area contributed by atoms with Crippen LogP contribution < -0.4 is 14.8 Å². The van der Waals surface area contributed by atoms with E-state index >= 15 is 0 Å². The predicted molar refractivity (Wildman–Crippen MR) is 85.5 cm³/mol. The van der Waals surface area contributed by atoms with E-state index in [1.807, 2.05) is 6.07 Å². The molecule has 1 N–H and O–H groups in total. The molecule has 0 unspecified atom stereocenters. The van der Waals surface area contributed by atoms with Gasteiger partial charge in [-0.15, -0.1) is 0 Å². The Bertz CT molecular complexity index is 464. The number of rotatable bonds is 6. The lowest BCUT2D eigenvalue weighted by Gasteiger charge is -2.21. The second-order valence-corrected chi connectivity index (χ2v) is 7.32. The quantitative estimate of drug-likeness (QED) is 0.843. The summed E-state index contributed by atoms with van der Waals surface area (Å²) in [5.74, 6) is 2.35. The fraction of sp³-hybridized carbons (Fsp3) is 0.625. The van der Waals surface area contributed by atoms with Gasteiger partial charge < -0.3 is 14.8 Å². The molecule has 3 nitrogen and oxygen atoms in total. The molecule has 0 bridgehead atoms. The van der Waals surface area contributed by atoms with Crippen molar-refractivity contribution in [2.24, 2.45) is 5.92 Å². The van der Waals surface area contributed by atoms with Crippen molar-refractivity contribution in [2.75, 3.05) is 13.7 Å². The first-order valence-corrected chi connectivity index (χ1v) is 7.92. The number of ether oxygens (including phenoxy) is 2. The topological polar surface area (TPSA) is 30.5 Å². The molecule has 112 valence electrons. The van der Waals surface area contributed by atoms with Crippen LogP contribution in [0.15, 0.2) is 16.6 Å². The molecule has 4 heteroatoms. The van der Waals surface area contributed by atoms with Gasteiger partial charge in [-0.1, -0.05) is 0 Å². The molecule has 1 aliphatic rings. The van der Waals surface area contributed by atoms with E-state index < -0.39 is 0 Å². The molecule has 0 radical (unpaired) electrons. The Balaban J connectivity index is 2.09. The number of hydrogen-bond donors (Lipinski definition) is 1. The number of nitrogens with one attached hydrogen (secondary N) is 1. The van der Waals surface area contributed by atoms with Gasteiger partial charge in [-0.2, -0.15) is 0 Å². The average Bonchev–Trinajstić information content (AvgIpc) is 3.17. The zero-order valence-electron chi connectivity index (χ0n) is 12.8.